The van der Waals surface area contributed by atoms with Crippen molar-refractivity contribution >= 4 is 11.6 Å². The zero-order valence-corrected chi connectivity index (χ0v) is 15.5. The highest BCUT2D eigenvalue weighted by Crippen LogP contribution is 2.28. The average molecular weight is 360 g/mol. The second kappa shape index (κ2) is 7.66. The van der Waals surface area contributed by atoms with E-state index in [4.69, 9.17) is 0 Å². The van der Waals surface area contributed by atoms with Crippen molar-refractivity contribution in [2.75, 3.05) is 4.90 Å². The van der Waals surface area contributed by atoms with Gasteiger partial charge in [0.15, 0.2) is 0 Å². The summed E-state index contributed by atoms with van der Waals surface area (Å²) < 4.78 is 1.88. The Morgan fingerprint density at radius 3 is 2.59 bits per heavy atom. The zero-order valence-electron chi connectivity index (χ0n) is 15.5. The molecule has 0 bridgehead atoms. The highest BCUT2D eigenvalue weighted by atomic mass is 16.1. The second-order valence-corrected chi connectivity index (χ2v) is 7.11. The number of anilines is 1. The number of carbonyl (C=O) groups is 1. The lowest BCUT2D eigenvalue weighted by molar-refractivity contribution is 0.0937. The molecule has 1 atom stereocenters. The minimum atomic E-state index is -0.0264. The van der Waals surface area contributed by atoms with Crippen molar-refractivity contribution < 1.29 is 4.79 Å². The Hall–Kier alpha value is -3.08. The lowest BCUT2D eigenvalue weighted by atomic mass is 10.1. The Kier molecular flexibility index (Phi) is 4.92. The van der Waals surface area contributed by atoms with Gasteiger partial charge in [0, 0.05) is 49.3 Å². The fraction of sp³-hybridized carbons (Fsp3) is 0.273. The summed E-state index contributed by atoms with van der Waals surface area (Å²) in [5.74, 6) is -0.0264. The van der Waals surface area contributed by atoms with Gasteiger partial charge in [-0.2, -0.15) is 5.10 Å². The summed E-state index contributed by atoms with van der Waals surface area (Å²) in [6, 6.07) is 18.4. The number of nitrogens with one attached hydrogen (secondary N) is 1. The first-order valence-electron chi connectivity index (χ1n) is 9.39. The summed E-state index contributed by atoms with van der Waals surface area (Å²) in [6.45, 7) is 4.60. The standard InChI is InChI=1S/C22H24N4O/c1-17(10-13-26-12-5-11-23-26)24-22(27)18-8-4-9-21(14-18)25-15-19-6-2-3-7-20(19)16-25/h2-9,11-12,14,17H,10,13,15-16H2,1H3,(H,24,27)/t17-/m0/s1. The molecule has 0 aliphatic carbocycles. The van der Waals surface area contributed by atoms with E-state index in [1.54, 1.807) is 6.20 Å². The van der Waals surface area contributed by atoms with Crippen LogP contribution in [-0.4, -0.2) is 21.7 Å². The van der Waals surface area contributed by atoms with Gasteiger partial charge < -0.3 is 10.2 Å². The quantitative estimate of drug-likeness (QED) is 0.731. The van der Waals surface area contributed by atoms with Crippen molar-refractivity contribution in [3.8, 4) is 0 Å². The average Bonchev–Trinajstić information content (AvgIpc) is 3.36. The maximum Gasteiger partial charge on any atom is 0.251 e. The SMILES string of the molecule is C[C@@H](CCn1cccn1)NC(=O)c1cccc(N2Cc3ccccc3C2)c1. The van der Waals surface area contributed by atoms with Crippen LogP contribution in [-0.2, 0) is 19.6 Å². The number of aryl methyl sites for hydroxylation is 1. The van der Waals surface area contributed by atoms with Crippen LogP contribution in [0.5, 0.6) is 0 Å². The van der Waals surface area contributed by atoms with E-state index >= 15 is 0 Å². The van der Waals surface area contributed by atoms with E-state index < -0.39 is 0 Å². The zero-order chi connectivity index (χ0) is 18.6. The van der Waals surface area contributed by atoms with Gasteiger partial charge in [-0.15, -0.1) is 0 Å². The lowest BCUT2D eigenvalue weighted by Gasteiger charge is -2.19. The molecule has 27 heavy (non-hydrogen) atoms. The summed E-state index contributed by atoms with van der Waals surface area (Å²) in [7, 11) is 0. The maximum absolute atomic E-state index is 12.6. The Labute approximate surface area is 159 Å². The molecule has 1 N–H and O–H groups in total. The van der Waals surface area contributed by atoms with Crippen LogP contribution in [0, 0.1) is 0 Å². The molecule has 5 heteroatoms. The number of fused-ring (bicyclic) bond motifs is 1. The van der Waals surface area contributed by atoms with Gasteiger partial charge in [0.05, 0.1) is 0 Å². The van der Waals surface area contributed by atoms with Gasteiger partial charge in [-0.1, -0.05) is 30.3 Å². The third-order valence-corrected chi connectivity index (χ3v) is 5.04. The topological polar surface area (TPSA) is 50.2 Å². The van der Waals surface area contributed by atoms with Gasteiger partial charge in [-0.25, -0.2) is 0 Å². The van der Waals surface area contributed by atoms with Crippen LogP contribution < -0.4 is 10.2 Å². The molecule has 0 saturated heterocycles. The van der Waals surface area contributed by atoms with Crippen molar-refractivity contribution in [3.05, 3.63) is 83.7 Å². The minimum absolute atomic E-state index is 0.0264. The fourth-order valence-corrected chi connectivity index (χ4v) is 3.50. The van der Waals surface area contributed by atoms with E-state index in [-0.39, 0.29) is 11.9 Å². The summed E-state index contributed by atoms with van der Waals surface area (Å²) in [5, 5.41) is 7.29. The smallest absolute Gasteiger partial charge is 0.251 e. The largest absolute Gasteiger partial charge is 0.363 e. The van der Waals surface area contributed by atoms with Gasteiger partial charge in [0.1, 0.15) is 0 Å². The molecule has 1 amide bonds. The molecule has 1 aromatic heterocycles. The van der Waals surface area contributed by atoms with Crippen LogP contribution >= 0.6 is 0 Å². The summed E-state index contributed by atoms with van der Waals surface area (Å²) >= 11 is 0. The minimum Gasteiger partial charge on any atom is -0.363 e. The molecule has 4 rings (SSSR count). The van der Waals surface area contributed by atoms with Crippen molar-refractivity contribution in [2.45, 2.75) is 39.0 Å². The van der Waals surface area contributed by atoms with E-state index in [0.717, 1.165) is 31.7 Å². The van der Waals surface area contributed by atoms with E-state index in [2.05, 4.69) is 45.6 Å². The molecule has 5 nitrogen and oxygen atoms in total. The Balaban J connectivity index is 1.38. The molecular weight excluding hydrogens is 336 g/mol. The number of benzene rings is 2. The van der Waals surface area contributed by atoms with Crippen LogP contribution in [0.2, 0.25) is 0 Å². The number of hydrogen-bond donors (Lipinski definition) is 1. The highest BCUT2D eigenvalue weighted by molar-refractivity contribution is 5.95. The number of nitrogens with zero attached hydrogens (tertiary/aromatic N) is 3. The van der Waals surface area contributed by atoms with Gasteiger partial charge in [-0.3, -0.25) is 9.48 Å². The molecular formula is C22H24N4O. The number of rotatable bonds is 6. The van der Waals surface area contributed by atoms with Gasteiger partial charge in [0.2, 0.25) is 0 Å². The Bertz CT molecular complexity index is 895. The first-order valence-corrected chi connectivity index (χ1v) is 9.39. The number of aromatic nitrogens is 2. The van der Waals surface area contributed by atoms with Crippen molar-refractivity contribution in [3.63, 3.8) is 0 Å². The van der Waals surface area contributed by atoms with Gasteiger partial charge in [-0.05, 0) is 48.7 Å². The molecule has 0 radical (unpaired) electrons. The lowest BCUT2D eigenvalue weighted by Crippen LogP contribution is -2.33. The molecule has 2 aromatic carbocycles. The van der Waals surface area contributed by atoms with Crippen LogP contribution in [0.3, 0.4) is 0 Å². The predicted molar refractivity (Wildman–Crippen MR) is 107 cm³/mol. The monoisotopic (exact) mass is 360 g/mol. The molecule has 0 unspecified atom stereocenters. The molecule has 0 fully saturated rings. The summed E-state index contributed by atoms with van der Waals surface area (Å²) in [4.78, 5) is 15.0. The van der Waals surface area contributed by atoms with Crippen molar-refractivity contribution in [1.82, 2.24) is 15.1 Å². The number of carbonyl (C=O) groups excluding carboxylic acids is 1. The first-order chi connectivity index (χ1) is 13.2. The molecule has 138 valence electrons. The molecule has 0 saturated carbocycles. The predicted octanol–water partition coefficient (Wildman–Crippen LogP) is 3.61. The molecule has 3 aromatic rings. The van der Waals surface area contributed by atoms with E-state index in [0.29, 0.717) is 5.56 Å². The van der Waals surface area contributed by atoms with E-state index in [9.17, 15) is 4.79 Å². The second-order valence-electron chi connectivity index (χ2n) is 7.11. The van der Waals surface area contributed by atoms with E-state index in [1.807, 2.05) is 42.1 Å². The van der Waals surface area contributed by atoms with Gasteiger partial charge >= 0.3 is 0 Å². The first kappa shape index (κ1) is 17.3. The fourth-order valence-electron chi connectivity index (χ4n) is 3.50. The third kappa shape index (κ3) is 4.03. The summed E-state index contributed by atoms with van der Waals surface area (Å²) in [6.07, 6.45) is 4.55. The normalized spacial score (nSPS) is 14.0. The molecule has 1 aliphatic rings. The molecule has 1 aliphatic heterocycles. The van der Waals surface area contributed by atoms with Crippen LogP contribution in [0.1, 0.15) is 34.8 Å². The van der Waals surface area contributed by atoms with Crippen LogP contribution in [0.4, 0.5) is 5.69 Å². The molecule has 2 heterocycles. The number of amides is 1. The van der Waals surface area contributed by atoms with Crippen molar-refractivity contribution in [2.24, 2.45) is 0 Å². The van der Waals surface area contributed by atoms with Gasteiger partial charge in [0.25, 0.3) is 5.91 Å². The summed E-state index contributed by atoms with van der Waals surface area (Å²) in [5.41, 5.74) is 4.51. The number of hydrogen-bond acceptors (Lipinski definition) is 3. The van der Waals surface area contributed by atoms with Crippen LogP contribution in [0.25, 0.3) is 0 Å². The maximum atomic E-state index is 12.6. The van der Waals surface area contributed by atoms with E-state index in [1.165, 1.54) is 11.1 Å². The molecule has 0 spiro atoms. The third-order valence-electron chi connectivity index (χ3n) is 5.04. The highest BCUT2D eigenvalue weighted by Gasteiger charge is 2.19. The Morgan fingerprint density at radius 2 is 1.89 bits per heavy atom. The Morgan fingerprint density at radius 1 is 1.11 bits per heavy atom. The van der Waals surface area contributed by atoms with Crippen LogP contribution in [0.15, 0.2) is 67.0 Å². The van der Waals surface area contributed by atoms with Crippen molar-refractivity contribution in [1.29, 1.82) is 0 Å².